The molecule has 0 N–H and O–H groups in total. The Hall–Kier alpha value is -2.21. The number of carbonyl (C=O) groups excluding carboxylic acids is 3. The van der Waals surface area contributed by atoms with E-state index in [4.69, 9.17) is 9.57 Å². The Bertz CT molecular complexity index is 556. The van der Waals surface area contributed by atoms with Gasteiger partial charge in [-0.1, -0.05) is 17.2 Å². The summed E-state index contributed by atoms with van der Waals surface area (Å²) in [6.45, 7) is 1.37. The van der Waals surface area contributed by atoms with Crippen LogP contribution >= 0.6 is 0 Å². The van der Waals surface area contributed by atoms with Crippen LogP contribution in [-0.2, 0) is 14.4 Å². The standard InChI is InChI=1S/C15H15NO5/c17-13(6-5-10-7-8-20-9-10)21-16-14(18)11-3-1-2-4-12(11)15(16)19/h1-4,10H,5-9H2. The summed E-state index contributed by atoms with van der Waals surface area (Å²) in [5, 5.41) is 0.554. The van der Waals surface area contributed by atoms with Gasteiger partial charge in [-0.25, -0.2) is 4.79 Å². The molecule has 2 aliphatic heterocycles. The highest BCUT2D eigenvalue weighted by molar-refractivity contribution is 6.20. The minimum absolute atomic E-state index is 0.168. The van der Waals surface area contributed by atoms with E-state index in [0.717, 1.165) is 13.0 Å². The summed E-state index contributed by atoms with van der Waals surface area (Å²) in [7, 11) is 0. The molecule has 0 spiro atoms. The van der Waals surface area contributed by atoms with E-state index in [0.29, 0.717) is 24.0 Å². The van der Waals surface area contributed by atoms with Crippen molar-refractivity contribution in [1.29, 1.82) is 0 Å². The van der Waals surface area contributed by atoms with Crippen molar-refractivity contribution in [3.8, 4) is 0 Å². The molecule has 1 aromatic rings. The maximum atomic E-state index is 12.0. The zero-order valence-electron chi connectivity index (χ0n) is 11.4. The summed E-state index contributed by atoms with van der Waals surface area (Å²) in [5.41, 5.74) is 0.527. The van der Waals surface area contributed by atoms with Crippen molar-refractivity contribution in [1.82, 2.24) is 5.06 Å². The van der Waals surface area contributed by atoms with E-state index in [1.165, 1.54) is 0 Å². The topological polar surface area (TPSA) is 72.9 Å². The van der Waals surface area contributed by atoms with E-state index in [1.54, 1.807) is 24.3 Å². The largest absolute Gasteiger partial charge is 0.381 e. The molecule has 0 aromatic heterocycles. The molecule has 21 heavy (non-hydrogen) atoms. The Kier molecular flexibility index (Phi) is 3.70. The summed E-state index contributed by atoms with van der Waals surface area (Å²) >= 11 is 0. The fourth-order valence-corrected chi connectivity index (χ4v) is 2.53. The number of rotatable bonds is 4. The molecule has 1 saturated heterocycles. The van der Waals surface area contributed by atoms with Crippen LogP contribution in [-0.4, -0.2) is 36.1 Å². The number of hydrogen-bond donors (Lipinski definition) is 0. The fourth-order valence-electron chi connectivity index (χ4n) is 2.53. The maximum absolute atomic E-state index is 12.0. The van der Waals surface area contributed by atoms with Gasteiger partial charge in [0.1, 0.15) is 0 Å². The molecule has 6 heteroatoms. The Balaban J connectivity index is 1.59. The highest BCUT2D eigenvalue weighted by atomic mass is 16.7. The van der Waals surface area contributed by atoms with Gasteiger partial charge in [-0.15, -0.1) is 0 Å². The van der Waals surface area contributed by atoms with Crippen LogP contribution in [0, 0.1) is 5.92 Å². The number of benzene rings is 1. The second-order valence-electron chi connectivity index (χ2n) is 5.18. The third-order valence-corrected chi connectivity index (χ3v) is 3.73. The average Bonchev–Trinajstić information content (AvgIpc) is 3.09. The summed E-state index contributed by atoms with van der Waals surface area (Å²) in [5.74, 6) is -1.41. The first-order chi connectivity index (χ1) is 10.2. The molecule has 2 amide bonds. The zero-order valence-corrected chi connectivity index (χ0v) is 11.4. The molecule has 1 aromatic carbocycles. The second-order valence-corrected chi connectivity index (χ2v) is 5.18. The lowest BCUT2D eigenvalue weighted by atomic mass is 10.0. The lowest BCUT2D eigenvalue weighted by molar-refractivity contribution is -0.168. The van der Waals surface area contributed by atoms with Gasteiger partial charge >= 0.3 is 5.97 Å². The molecule has 2 aliphatic rings. The van der Waals surface area contributed by atoms with Crippen molar-refractivity contribution in [2.45, 2.75) is 19.3 Å². The summed E-state index contributed by atoms with van der Waals surface area (Å²) in [6.07, 6.45) is 1.74. The summed E-state index contributed by atoms with van der Waals surface area (Å²) in [4.78, 5) is 40.7. The monoisotopic (exact) mass is 289 g/mol. The van der Waals surface area contributed by atoms with Gasteiger partial charge in [-0.2, -0.15) is 0 Å². The van der Waals surface area contributed by atoms with Crippen molar-refractivity contribution in [3.05, 3.63) is 35.4 Å². The number of imide groups is 1. The minimum atomic E-state index is -0.590. The van der Waals surface area contributed by atoms with Crippen LogP contribution in [0.25, 0.3) is 0 Å². The van der Waals surface area contributed by atoms with E-state index in [-0.39, 0.29) is 17.5 Å². The average molecular weight is 289 g/mol. The van der Waals surface area contributed by atoms with Crippen molar-refractivity contribution < 1.29 is 24.0 Å². The fraction of sp³-hybridized carbons (Fsp3) is 0.400. The molecule has 3 rings (SSSR count). The number of hydrogen-bond acceptors (Lipinski definition) is 5. The van der Waals surface area contributed by atoms with Gasteiger partial charge in [0, 0.05) is 19.6 Å². The number of nitrogens with zero attached hydrogens (tertiary/aromatic N) is 1. The number of ether oxygens (including phenoxy) is 1. The van der Waals surface area contributed by atoms with Crippen LogP contribution in [0.1, 0.15) is 40.0 Å². The van der Waals surface area contributed by atoms with Crippen LogP contribution in [0.15, 0.2) is 24.3 Å². The molecule has 1 fully saturated rings. The molecule has 2 heterocycles. The summed E-state index contributed by atoms with van der Waals surface area (Å²) in [6, 6.07) is 6.41. The van der Waals surface area contributed by atoms with Crippen molar-refractivity contribution in [3.63, 3.8) is 0 Å². The second kappa shape index (κ2) is 5.65. The van der Waals surface area contributed by atoms with E-state index >= 15 is 0 Å². The van der Waals surface area contributed by atoms with Gasteiger partial charge in [0.2, 0.25) is 0 Å². The van der Waals surface area contributed by atoms with Crippen LogP contribution in [0.5, 0.6) is 0 Å². The highest BCUT2D eigenvalue weighted by Gasteiger charge is 2.38. The first-order valence-corrected chi connectivity index (χ1v) is 6.93. The van der Waals surface area contributed by atoms with Crippen molar-refractivity contribution in [2.75, 3.05) is 13.2 Å². The third kappa shape index (κ3) is 2.67. The van der Waals surface area contributed by atoms with Gasteiger partial charge < -0.3 is 9.57 Å². The molecule has 6 nitrogen and oxygen atoms in total. The molecule has 0 saturated carbocycles. The number of carbonyl (C=O) groups is 3. The van der Waals surface area contributed by atoms with Crippen LogP contribution in [0.2, 0.25) is 0 Å². The normalized spacial score (nSPS) is 20.8. The van der Waals surface area contributed by atoms with E-state index in [1.807, 2.05) is 0 Å². The molecular formula is C15H15NO5. The van der Waals surface area contributed by atoms with Gasteiger partial charge in [-0.05, 0) is 30.9 Å². The lowest BCUT2D eigenvalue weighted by Crippen LogP contribution is -2.32. The Labute approximate surface area is 121 Å². The number of hydroxylamine groups is 2. The lowest BCUT2D eigenvalue weighted by Gasteiger charge is -2.13. The molecule has 1 unspecified atom stereocenters. The third-order valence-electron chi connectivity index (χ3n) is 3.73. The molecule has 0 bridgehead atoms. The maximum Gasteiger partial charge on any atom is 0.333 e. The number of amides is 2. The highest BCUT2D eigenvalue weighted by Crippen LogP contribution is 2.23. The Morgan fingerprint density at radius 3 is 2.48 bits per heavy atom. The minimum Gasteiger partial charge on any atom is -0.381 e. The first kappa shape index (κ1) is 13.8. The van der Waals surface area contributed by atoms with Gasteiger partial charge in [0.15, 0.2) is 0 Å². The van der Waals surface area contributed by atoms with Gasteiger partial charge in [-0.3, -0.25) is 9.59 Å². The first-order valence-electron chi connectivity index (χ1n) is 6.93. The molecule has 110 valence electrons. The molecule has 0 radical (unpaired) electrons. The predicted molar refractivity (Wildman–Crippen MR) is 71.2 cm³/mol. The zero-order chi connectivity index (χ0) is 14.8. The Morgan fingerprint density at radius 2 is 1.90 bits per heavy atom. The van der Waals surface area contributed by atoms with Crippen LogP contribution in [0.3, 0.4) is 0 Å². The number of fused-ring (bicyclic) bond motifs is 1. The van der Waals surface area contributed by atoms with Gasteiger partial charge in [0.05, 0.1) is 11.1 Å². The smallest absolute Gasteiger partial charge is 0.333 e. The SMILES string of the molecule is O=C(CCC1CCOC1)ON1C(=O)c2ccccc2C1=O. The van der Waals surface area contributed by atoms with E-state index in [9.17, 15) is 14.4 Å². The summed E-state index contributed by atoms with van der Waals surface area (Å²) < 4.78 is 5.23. The van der Waals surface area contributed by atoms with Crippen LogP contribution < -0.4 is 0 Å². The molecular weight excluding hydrogens is 274 g/mol. The predicted octanol–water partition coefficient (Wildman–Crippen LogP) is 1.56. The molecule has 0 aliphatic carbocycles. The quantitative estimate of drug-likeness (QED) is 0.786. The van der Waals surface area contributed by atoms with Crippen molar-refractivity contribution in [2.24, 2.45) is 5.92 Å². The van der Waals surface area contributed by atoms with E-state index in [2.05, 4.69) is 0 Å². The molecule has 1 atom stereocenters. The Morgan fingerprint density at radius 1 is 1.24 bits per heavy atom. The van der Waals surface area contributed by atoms with E-state index < -0.39 is 17.8 Å². The van der Waals surface area contributed by atoms with Gasteiger partial charge in [0.25, 0.3) is 11.8 Å². The van der Waals surface area contributed by atoms with Crippen LogP contribution in [0.4, 0.5) is 0 Å². The van der Waals surface area contributed by atoms with Crippen molar-refractivity contribution >= 4 is 17.8 Å².